The Bertz CT molecular complexity index is 849. The summed E-state index contributed by atoms with van der Waals surface area (Å²) in [6.07, 6.45) is 2.06. The number of rotatable bonds is 11. The highest BCUT2D eigenvalue weighted by Crippen LogP contribution is 2.14. The van der Waals surface area contributed by atoms with Gasteiger partial charge in [0.15, 0.2) is 0 Å². The molecule has 0 aromatic heterocycles. The molecule has 2 atom stereocenters. The number of anilines is 1. The third-order valence-corrected chi connectivity index (χ3v) is 5.44. The van der Waals surface area contributed by atoms with Gasteiger partial charge < -0.3 is 16.0 Å². The molecule has 0 spiro atoms. The molecule has 168 valence electrons. The van der Waals surface area contributed by atoms with E-state index in [-0.39, 0.29) is 23.8 Å². The zero-order valence-electron chi connectivity index (χ0n) is 19.5. The summed E-state index contributed by atoms with van der Waals surface area (Å²) in [6, 6.07) is 14.9. The highest BCUT2D eigenvalue weighted by atomic mass is 16.2. The van der Waals surface area contributed by atoms with Gasteiger partial charge in [0.2, 0.25) is 11.8 Å². The van der Waals surface area contributed by atoms with E-state index in [0.717, 1.165) is 12.1 Å². The van der Waals surface area contributed by atoms with Gasteiger partial charge in [-0.2, -0.15) is 0 Å². The van der Waals surface area contributed by atoms with Gasteiger partial charge in [0, 0.05) is 5.69 Å². The normalized spacial score (nSPS) is 13.0. The molecule has 0 aliphatic heterocycles. The Kier molecular flexibility index (Phi) is 9.73. The maximum Gasteiger partial charge on any atom is 0.246 e. The Morgan fingerprint density at radius 3 is 2.23 bits per heavy atom. The van der Waals surface area contributed by atoms with E-state index in [2.05, 4.69) is 61.8 Å². The van der Waals surface area contributed by atoms with Crippen molar-refractivity contribution < 1.29 is 9.59 Å². The average molecular weight is 424 g/mol. The summed E-state index contributed by atoms with van der Waals surface area (Å²) in [7, 11) is 0. The van der Waals surface area contributed by atoms with Crippen LogP contribution in [0.3, 0.4) is 0 Å². The number of carbonyl (C=O) groups is 2. The van der Waals surface area contributed by atoms with Crippen molar-refractivity contribution in [1.82, 2.24) is 10.6 Å². The number of likely N-dealkylation sites (N-methyl/N-ethyl adjacent to an activating group) is 1. The number of benzene rings is 2. The zero-order chi connectivity index (χ0) is 22.8. The van der Waals surface area contributed by atoms with Crippen molar-refractivity contribution >= 4 is 17.5 Å². The maximum absolute atomic E-state index is 13.1. The van der Waals surface area contributed by atoms with Crippen LogP contribution < -0.4 is 16.0 Å². The Hall–Kier alpha value is -2.66. The van der Waals surface area contributed by atoms with E-state index in [1.165, 1.54) is 16.7 Å². The summed E-state index contributed by atoms with van der Waals surface area (Å²) in [5.74, 6) is -0.0304. The molecule has 0 heterocycles. The molecule has 0 radical (unpaired) electrons. The SMILES string of the molecule is CCN[C@@H](CCc1ccc(C)c(C)c1)C(=O)N[C@@H](CC(C)C)C(=O)Nc1ccccc1. The molecule has 31 heavy (non-hydrogen) atoms. The second-order valence-electron chi connectivity index (χ2n) is 8.61. The molecule has 0 aliphatic carbocycles. The Labute approximate surface area is 187 Å². The molecule has 0 saturated heterocycles. The van der Waals surface area contributed by atoms with E-state index >= 15 is 0 Å². The summed E-state index contributed by atoms with van der Waals surface area (Å²) in [5.41, 5.74) is 4.48. The van der Waals surface area contributed by atoms with Gasteiger partial charge in [-0.05, 0) is 74.4 Å². The third kappa shape index (κ3) is 8.18. The second-order valence-corrected chi connectivity index (χ2v) is 8.61. The molecule has 2 amide bonds. The topological polar surface area (TPSA) is 70.2 Å². The summed E-state index contributed by atoms with van der Waals surface area (Å²) < 4.78 is 0. The number of nitrogens with one attached hydrogen (secondary N) is 3. The lowest BCUT2D eigenvalue weighted by Gasteiger charge is -2.24. The van der Waals surface area contributed by atoms with Crippen LogP contribution in [-0.4, -0.2) is 30.4 Å². The lowest BCUT2D eigenvalue weighted by atomic mass is 9.99. The van der Waals surface area contributed by atoms with Gasteiger partial charge in [-0.25, -0.2) is 0 Å². The first-order valence-corrected chi connectivity index (χ1v) is 11.3. The molecule has 0 saturated carbocycles. The standard InChI is InChI=1S/C26H37N3O2/c1-6-27-23(15-14-21-13-12-19(4)20(5)17-21)25(30)29-24(16-18(2)3)26(31)28-22-10-8-7-9-11-22/h7-13,17-18,23-24,27H,6,14-16H2,1-5H3,(H,28,31)(H,29,30)/t23-,24-/m0/s1. The monoisotopic (exact) mass is 423 g/mol. The van der Waals surface area contributed by atoms with Crippen LogP contribution in [0.1, 0.15) is 50.3 Å². The van der Waals surface area contributed by atoms with E-state index in [1.54, 1.807) is 0 Å². The van der Waals surface area contributed by atoms with Crippen LogP contribution in [0.25, 0.3) is 0 Å². The van der Waals surface area contributed by atoms with Gasteiger partial charge in [-0.15, -0.1) is 0 Å². The quantitative estimate of drug-likeness (QED) is 0.502. The van der Waals surface area contributed by atoms with Crippen molar-refractivity contribution in [2.45, 2.75) is 66.0 Å². The van der Waals surface area contributed by atoms with E-state index in [0.29, 0.717) is 19.4 Å². The van der Waals surface area contributed by atoms with E-state index < -0.39 is 6.04 Å². The summed E-state index contributed by atoms with van der Waals surface area (Å²) >= 11 is 0. The summed E-state index contributed by atoms with van der Waals surface area (Å²) in [6.45, 7) is 11.0. The molecule has 0 aliphatic rings. The molecule has 2 aromatic rings. The van der Waals surface area contributed by atoms with Crippen molar-refractivity contribution in [3.63, 3.8) is 0 Å². The molecule has 2 aromatic carbocycles. The van der Waals surface area contributed by atoms with Crippen LogP contribution in [0.5, 0.6) is 0 Å². The lowest BCUT2D eigenvalue weighted by Crippen LogP contribution is -2.52. The molecule has 5 heteroatoms. The smallest absolute Gasteiger partial charge is 0.246 e. The molecule has 2 rings (SSSR count). The largest absolute Gasteiger partial charge is 0.343 e. The number of amides is 2. The lowest BCUT2D eigenvalue weighted by molar-refractivity contribution is -0.128. The minimum Gasteiger partial charge on any atom is -0.343 e. The van der Waals surface area contributed by atoms with Crippen molar-refractivity contribution in [1.29, 1.82) is 0 Å². The minimum atomic E-state index is -0.574. The predicted octanol–water partition coefficient (Wildman–Crippen LogP) is 4.38. The molecule has 0 bridgehead atoms. The first kappa shape index (κ1) is 24.6. The van der Waals surface area contributed by atoms with Crippen molar-refractivity contribution in [2.75, 3.05) is 11.9 Å². The van der Waals surface area contributed by atoms with Crippen LogP contribution in [-0.2, 0) is 16.0 Å². The van der Waals surface area contributed by atoms with Gasteiger partial charge in [-0.1, -0.05) is 57.2 Å². The molecule has 0 unspecified atom stereocenters. The van der Waals surface area contributed by atoms with Crippen LogP contribution in [0.4, 0.5) is 5.69 Å². The number of aryl methyl sites for hydroxylation is 3. The Morgan fingerprint density at radius 2 is 1.61 bits per heavy atom. The first-order valence-electron chi connectivity index (χ1n) is 11.3. The highest BCUT2D eigenvalue weighted by molar-refractivity contribution is 5.97. The van der Waals surface area contributed by atoms with Crippen molar-refractivity contribution in [3.8, 4) is 0 Å². The first-order chi connectivity index (χ1) is 14.8. The van der Waals surface area contributed by atoms with Crippen LogP contribution in [0.2, 0.25) is 0 Å². The minimum absolute atomic E-state index is 0.125. The molecule has 0 fully saturated rings. The van der Waals surface area contributed by atoms with Gasteiger partial charge in [0.25, 0.3) is 0 Å². The summed E-state index contributed by atoms with van der Waals surface area (Å²) in [4.78, 5) is 25.9. The van der Waals surface area contributed by atoms with Crippen LogP contribution in [0.15, 0.2) is 48.5 Å². The fourth-order valence-electron chi connectivity index (χ4n) is 3.57. The van der Waals surface area contributed by atoms with Gasteiger partial charge in [-0.3, -0.25) is 9.59 Å². The molecule has 3 N–H and O–H groups in total. The number of hydrogen-bond donors (Lipinski definition) is 3. The Morgan fingerprint density at radius 1 is 0.903 bits per heavy atom. The van der Waals surface area contributed by atoms with Crippen molar-refractivity contribution in [3.05, 3.63) is 65.2 Å². The van der Waals surface area contributed by atoms with Gasteiger partial charge >= 0.3 is 0 Å². The fraction of sp³-hybridized carbons (Fsp3) is 0.462. The zero-order valence-corrected chi connectivity index (χ0v) is 19.5. The van der Waals surface area contributed by atoms with Gasteiger partial charge in [0.1, 0.15) is 6.04 Å². The number of hydrogen-bond acceptors (Lipinski definition) is 3. The van der Waals surface area contributed by atoms with E-state index in [9.17, 15) is 9.59 Å². The van der Waals surface area contributed by atoms with Crippen LogP contribution >= 0.6 is 0 Å². The predicted molar refractivity (Wildman–Crippen MR) is 128 cm³/mol. The Balaban J connectivity index is 2.04. The molecular formula is C26H37N3O2. The summed E-state index contributed by atoms with van der Waals surface area (Å²) in [5, 5.41) is 9.20. The molecular weight excluding hydrogens is 386 g/mol. The fourth-order valence-corrected chi connectivity index (χ4v) is 3.57. The number of carbonyl (C=O) groups excluding carboxylic acids is 2. The van der Waals surface area contributed by atoms with Gasteiger partial charge in [0.05, 0.1) is 6.04 Å². The van der Waals surface area contributed by atoms with E-state index in [1.807, 2.05) is 37.3 Å². The average Bonchev–Trinajstić information content (AvgIpc) is 2.73. The highest BCUT2D eigenvalue weighted by Gasteiger charge is 2.26. The van der Waals surface area contributed by atoms with Crippen molar-refractivity contribution in [2.24, 2.45) is 5.92 Å². The maximum atomic E-state index is 13.1. The van der Waals surface area contributed by atoms with E-state index in [4.69, 9.17) is 0 Å². The molecule has 5 nitrogen and oxygen atoms in total. The third-order valence-electron chi connectivity index (χ3n) is 5.44. The number of para-hydroxylation sites is 1. The second kappa shape index (κ2) is 12.3. The van der Waals surface area contributed by atoms with Crippen LogP contribution in [0, 0.1) is 19.8 Å².